The molecule has 5 N–H and O–H groups in total. The Balaban J connectivity index is 0.000000334. The number of carbonyl (C=O) groups excluding carboxylic acids is 2. The zero-order chi connectivity index (χ0) is 38.3. The molecule has 1 fully saturated rings. The highest BCUT2D eigenvalue weighted by atomic mass is 32.3. The number of aliphatic hydroxyl groups is 2. The first kappa shape index (κ1) is 44.6. The Labute approximate surface area is 293 Å². The van der Waals surface area contributed by atoms with Gasteiger partial charge < -0.3 is 40.1 Å². The summed E-state index contributed by atoms with van der Waals surface area (Å²) in [4.78, 5) is 28.6. The van der Waals surface area contributed by atoms with Gasteiger partial charge in [-0.15, -0.1) is 3.63 Å². The summed E-state index contributed by atoms with van der Waals surface area (Å²) >= 11 is 0. The number of benzene rings is 2. The van der Waals surface area contributed by atoms with Gasteiger partial charge in [0.1, 0.15) is 0 Å². The van der Waals surface area contributed by atoms with E-state index in [9.17, 15) is 34.8 Å². The van der Waals surface area contributed by atoms with Gasteiger partial charge in [0.25, 0.3) is 30.4 Å². The average Bonchev–Trinajstić information content (AvgIpc) is 3.54. The zero-order valence-corrected chi connectivity index (χ0v) is 31.0. The molecule has 18 nitrogen and oxygen atoms in total. The molecule has 0 bridgehead atoms. The van der Waals surface area contributed by atoms with Crippen molar-refractivity contribution < 1.29 is 62.7 Å². The van der Waals surface area contributed by atoms with Crippen LogP contribution in [-0.4, -0.2) is 147 Å². The molecule has 21 heteroatoms. The van der Waals surface area contributed by atoms with Crippen molar-refractivity contribution in [2.45, 2.75) is 12.8 Å². The van der Waals surface area contributed by atoms with Crippen LogP contribution in [0.3, 0.4) is 0 Å². The van der Waals surface area contributed by atoms with Crippen molar-refractivity contribution in [3.63, 3.8) is 0 Å². The van der Waals surface area contributed by atoms with Gasteiger partial charge in [0.15, 0.2) is 11.5 Å². The van der Waals surface area contributed by atoms with Crippen LogP contribution in [-0.2, 0) is 56.4 Å². The number of rotatable bonds is 7. The van der Waals surface area contributed by atoms with Gasteiger partial charge in [0.05, 0.1) is 56.2 Å². The second kappa shape index (κ2) is 20.4. The zero-order valence-electron chi connectivity index (χ0n) is 28.5. The van der Waals surface area contributed by atoms with Crippen LogP contribution in [0.15, 0.2) is 36.4 Å². The number of anilines is 2. The molecule has 2 aromatic carbocycles. The van der Waals surface area contributed by atoms with Crippen LogP contribution in [0.4, 0.5) is 11.4 Å². The lowest BCUT2D eigenvalue weighted by Gasteiger charge is -2.34. The average molecular weight is 771 g/mol. The molecule has 0 radical (unpaired) electrons. The van der Waals surface area contributed by atoms with Gasteiger partial charge in [0.2, 0.25) is 0 Å². The van der Waals surface area contributed by atoms with E-state index in [1.807, 2.05) is 42.3 Å². The lowest BCUT2D eigenvalue weighted by atomic mass is 10.1. The molecule has 3 aliphatic rings. The quantitative estimate of drug-likeness (QED) is 0.113. The van der Waals surface area contributed by atoms with Gasteiger partial charge in [-0.05, 0) is 26.2 Å². The Morgan fingerprint density at radius 3 is 1.60 bits per heavy atom. The molecule has 50 heavy (non-hydrogen) atoms. The van der Waals surface area contributed by atoms with Gasteiger partial charge in [0, 0.05) is 50.4 Å². The van der Waals surface area contributed by atoms with Crippen LogP contribution in [0, 0.1) is 0 Å². The Morgan fingerprint density at radius 1 is 0.780 bits per heavy atom. The van der Waals surface area contributed by atoms with Crippen molar-refractivity contribution in [1.82, 2.24) is 9.80 Å². The number of fused-ring (bicyclic) bond motifs is 2. The first-order valence-electron chi connectivity index (χ1n) is 14.8. The standard InChI is InChI=1S/C13H16N2O2.C8H7NO2.C5H13NO2.C2H6O5S2.CH4O3S/c1-14-5-7-15(8-6-14)11-4-2-3-10-9-12(16)17-13(10)11;9-6-3-1-2-5-4-7(10)11-8(5)6;1-6(2-4-7)3-5-8;1-8(3,4)7-9(2,5)6;1-5(2,3)4/h2-4H,5-9H2,1H3;1-3H,4,9H2;7-8H,2-5H2,1H3;1-2H3;1H3,(H,2,3,4). The number of hydrogen-bond acceptors (Lipinski definition) is 17. The Morgan fingerprint density at radius 2 is 1.20 bits per heavy atom. The molecular formula is C29H46N4O14S3. The van der Waals surface area contributed by atoms with Gasteiger partial charge in [-0.3, -0.25) is 14.1 Å². The maximum atomic E-state index is 11.3. The van der Waals surface area contributed by atoms with Crippen molar-refractivity contribution in [1.29, 1.82) is 0 Å². The first-order valence-corrected chi connectivity index (χ1v) is 20.3. The van der Waals surface area contributed by atoms with Crippen molar-refractivity contribution in [3.8, 4) is 11.5 Å². The van der Waals surface area contributed by atoms with Crippen LogP contribution in [0.5, 0.6) is 11.5 Å². The summed E-state index contributed by atoms with van der Waals surface area (Å²) in [5, 5.41) is 16.7. The normalized spacial score (nSPS) is 15.3. The van der Waals surface area contributed by atoms with Gasteiger partial charge in [-0.25, -0.2) is 0 Å². The predicted octanol–water partition coefficient (Wildman–Crippen LogP) is -1.04. The molecule has 284 valence electrons. The number of nitrogen functional groups attached to an aromatic ring is 1. The SMILES string of the molecule is CN(CCO)CCO.CN1CCN(c2cccc3c2OC(=O)C3)CC1.CS(=O)(=O)O.CS(=O)(=O)OS(C)(=O)=O.Nc1cccc2c1OC(=O)C2. The second-order valence-corrected chi connectivity index (χ2v) is 16.0. The largest absolute Gasteiger partial charge is 0.424 e. The summed E-state index contributed by atoms with van der Waals surface area (Å²) in [6.45, 7) is 5.69. The fourth-order valence-electron chi connectivity index (χ4n) is 4.28. The lowest BCUT2D eigenvalue weighted by Crippen LogP contribution is -2.44. The summed E-state index contributed by atoms with van der Waals surface area (Å²) in [5.74, 6) is 0.957. The molecule has 2 aromatic rings. The van der Waals surface area contributed by atoms with Crippen LogP contribution in [0.2, 0.25) is 0 Å². The van der Waals surface area contributed by atoms with Crippen LogP contribution >= 0.6 is 0 Å². The van der Waals surface area contributed by atoms with E-state index >= 15 is 0 Å². The van der Waals surface area contributed by atoms with E-state index in [1.165, 1.54) is 0 Å². The number of esters is 2. The fraction of sp³-hybridized carbons (Fsp3) is 0.517. The molecular weight excluding hydrogens is 725 g/mol. The number of likely N-dealkylation sites (N-methyl/N-ethyl adjacent to an activating group) is 2. The number of nitrogens with zero attached hydrogens (tertiary/aromatic N) is 3. The molecule has 1 saturated heterocycles. The number of nitrogens with two attached hydrogens (primary N) is 1. The van der Waals surface area contributed by atoms with Crippen molar-refractivity contribution in [2.75, 3.05) is 96.0 Å². The number of para-hydroxylation sites is 2. The topological polar surface area (TPSA) is 261 Å². The molecule has 0 aliphatic carbocycles. The van der Waals surface area contributed by atoms with Crippen LogP contribution in [0.1, 0.15) is 11.1 Å². The fourth-order valence-corrected chi connectivity index (χ4v) is 6.08. The summed E-state index contributed by atoms with van der Waals surface area (Å²) in [6.07, 6.45) is 2.80. The third-order valence-corrected chi connectivity index (χ3v) is 8.34. The molecule has 0 spiro atoms. The van der Waals surface area contributed by atoms with Crippen LogP contribution in [0.25, 0.3) is 0 Å². The molecule has 3 heterocycles. The highest BCUT2D eigenvalue weighted by Gasteiger charge is 2.26. The highest BCUT2D eigenvalue weighted by Crippen LogP contribution is 2.37. The number of ether oxygens (including phenoxy) is 2. The third-order valence-electron chi connectivity index (χ3n) is 6.36. The Hall–Kier alpha value is -3.41. The number of piperazine rings is 1. The minimum absolute atomic E-state index is 0.137. The smallest absolute Gasteiger partial charge is 0.315 e. The minimum Gasteiger partial charge on any atom is -0.424 e. The summed E-state index contributed by atoms with van der Waals surface area (Å²) in [5.41, 5.74) is 9.07. The second-order valence-electron chi connectivity index (χ2n) is 11.2. The van der Waals surface area contributed by atoms with E-state index in [1.54, 1.807) is 6.07 Å². The van der Waals surface area contributed by atoms with Gasteiger partial charge >= 0.3 is 11.9 Å². The highest BCUT2D eigenvalue weighted by molar-refractivity contribution is 7.99. The molecule has 5 rings (SSSR count). The third kappa shape index (κ3) is 19.1. The summed E-state index contributed by atoms with van der Waals surface area (Å²) in [7, 11) is -7.42. The Kier molecular flexibility index (Phi) is 18.2. The molecule has 0 atom stereocenters. The maximum Gasteiger partial charge on any atom is 0.315 e. The monoisotopic (exact) mass is 770 g/mol. The van der Waals surface area contributed by atoms with Gasteiger partial charge in [-0.1, -0.05) is 24.3 Å². The van der Waals surface area contributed by atoms with Crippen molar-refractivity contribution in [3.05, 3.63) is 47.5 Å². The Bertz CT molecular complexity index is 1700. The number of carbonyl (C=O) groups is 2. The van der Waals surface area contributed by atoms with Crippen molar-refractivity contribution in [2.24, 2.45) is 0 Å². The van der Waals surface area contributed by atoms with E-state index in [-0.39, 0.29) is 25.2 Å². The maximum absolute atomic E-state index is 11.3. The number of hydrogen-bond donors (Lipinski definition) is 4. The van der Waals surface area contributed by atoms with Gasteiger partial charge in [-0.2, -0.15) is 25.3 Å². The number of aliphatic hydroxyl groups excluding tert-OH is 2. The van der Waals surface area contributed by atoms with E-state index in [0.29, 0.717) is 56.1 Å². The molecule has 3 aliphatic heterocycles. The molecule has 0 saturated carbocycles. The molecule has 0 aromatic heterocycles. The van der Waals surface area contributed by atoms with Crippen LogP contribution < -0.4 is 20.1 Å². The summed E-state index contributed by atoms with van der Waals surface area (Å²) < 4.78 is 79.8. The lowest BCUT2D eigenvalue weighted by molar-refractivity contribution is -0.132. The first-order chi connectivity index (χ1) is 23.0. The van der Waals surface area contributed by atoms with Crippen molar-refractivity contribution >= 4 is 53.7 Å². The van der Waals surface area contributed by atoms with E-state index < -0.39 is 30.4 Å². The predicted molar refractivity (Wildman–Crippen MR) is 186 cm³/mol. The molecule has 0 amide bonds. The van der Waals surface area contributed by atoms with E-state index in [4.69, 9.17) is 30.0 Å². The summed E-state index contributed by atoms with van der Waals surface area (Å²) in [6, 6.07) is 11.4. The van der Waals surface area contributed by atoms with E-state index in [2.05, 4.69) is 20.5 Å². The van der Waals surface area contributed by atoms with E-state index in [0.717, 1.165) is 48.7 Å². The molecule has 0 unspecified atom stereocenters. The minimum atomic E-state index is -3.87.